The van der Waals surface area contributed by atoms with E-state index in [9.17, 15) is 0 Å². The highest BCUT2D eigenvalue weighted by Gasteiger charge is 2.05. The summed E-state index contributed by atoms with van der Waals surface area (Å²) in [6.45, 7) is 4.64. The molecule has 1 aromatic carbocycles. The fourth-order valence-electron chi connectivity index (χ4n) is 1.67. The summed E-state index contributed by atoms with van der Waals surface area (Å²) in [5.41, 5.74) is 3.14. The van der Waals surface area contributed by atoms with Gasteiger partial charge in [0.15, 0.2) is 4.77 Å². The minimum absolute atomic E-state index is 0.648. The minimum atomic E-state index is 0.648. The van der Waals surface area contributed by atoms with Crippen molar-refractivity contribution in [3.05, 3.63) is 34.7 Å². The monoisotopic (exact) mass is 234 g/mol. The Balaban J connectivity index is 2.44. The van der Waals surface area contributed by atoms with Gasteiger partial charge in [-0.15, -0.1) is 0 Å². The third-order valence-electron chi connectivity index (χ3n) is 2.35. The Morgan fingerprint density at radius 1 is 1.31 bits per heavy atom. The Morgan fingerprint density at radius 3 is 2.75 bits per heavy atom. The molecule has 4 heteroatoms. The van der Waals surface area contributed by atoms with Crippen molar-refractivity contribution in [2.45, 2.75) is 13.8 Å². The quantitative estimate of drug-likeness (QED) is 0.799. The fourth-order valence-corrected chi connectivity index (χ4v) is 1.92. The average Bonchev–Trinajstić information content (AvgIpc) is 2.59. The van der Waals surface area contributed by atoms with Crippen molar-refractivity contribution in [1.29, 1.82) is 0 Å². The summed E-state index contributed by atoms with van der Waals surface area (Å²) in [4.78, 5) is 6.21. The molecular formula is C12H14N2OS. The van der Waals surface area contributed by atoms with Crippen molar-refractivity contribution in [3.63, 3.8) is 0 Å². The van der Waals surface area contributed by atoms with Gasteiger partial charge in [0, 0.05) is 11.3 Å². The Bertz CT molecular complexity index is 542. The van der Waals surface area contributed by atoms with Crippen LogP contribution in [0.4, 0.5) is 0 Å². The van der Waals surface area contributed by atoms with Gasteiger partial charge >= 0.3 is 0 Å². The molecule has 16 heavy (non-hydrogen) atoms. The van der Waals surface area contributed by atoms with E-state index in [1.54, 1.807) is 0 Å². The third-order valence-corrected chi connectivity index (χ3v) is 2.55. The van der Waals surface area contributed by atoms with Crippen LogP contribution in [0.15, 0.2) is 24.3 Å². The summed E-state index contributed by atoms with van der Waals surface area (Å²) in [6, 6.07) is 7.96. The summed E-state index contributed by atoms with van der Waals surface area (Å²) >= 11 is 5.06. The molecule has 0 saturated heterocycles. The maximum atomic E-state index is 5.46. The Kier molecular flexibility index (Phi) is 3.10. The minimum Gasteiger partial charge on any atom is -0.494 e. The highest BCUT2D eigenvalue weighted by Crippen LogP contribution is 2.24. The van der Waals surface area contributed by atoms with E-state index in [2.05, 4.69) is 9.97 Å². The van der Waals surface area contributed by atoms with E-state index in [0.717, 1.165) is 22.7 Å². The van der Waals surface area contributed by atoms with Crippen molar-refractivity contribution in [2.75, 3.05) is 6.61 Å². The zero-order valence-electron chi connectivity index (χ0n) is 9.33. The summed E-state index contributed by atoms with van der Waals surface area (Å²) in [7, 11) is 0. The number of hydrogen-bond acceptors (Lipinski definition) is 2. The molecule has 3 nitrogen and oxygen atoms in total. The van der Waals surface area contributed by atoms with Crippen LogP contribution in [0.3, 0.4) is 0 Å². The zero-order valence-corrected chi connectivity index (χ0v) is 10.1. The van der Waals surface area contributed by atoms with Crippen molar-refractivity contribution in [1.82, 2.24) is 9.97 Å². The molecule has 2 rings (SSSR count). The van der Waals surface area contributed by atoms with Crippen LogP contribution in [0.5, 0.6) is 5.75 Å². The Morgan fingerprint density at radius 2 is 2.12 bits per heavy atom. The van der Waals surface area contributed by atoms with Crippen molar-refractivity contribution in [2.24, 2.45) is 0 Å². The van der Waals surface area contributed by atoms with Crippen LogP contribution in [0.2, 0.25) is 0 Å². The van der Waals surface area contributed by atoms with Gasteiger partial charge < -0.3 is 14.7 Å². The van der Waals surface area contributed by atoms with Gasteiger partial charge in [0.25, 0.3) is 0 Å². The first-order valence-corrected chi connectivity index (χ1v) is 5.63. The van der Waals surface area contributed by atoms with E-state index in [1.165, 1.54) is 0 Å². The first-order valence-electron chi connectivity index (χ1n) is 5.23. The standard InChI is InChI=1S/C12H14N2OS/c1-3-15-10-6-4-5-9(7-10)11-8(2)13-12(16)14-11/h4-7H,3H2,1-2H3,(H2,13,14,16). The molecule has 0 atom stereocenters. The van der Waals surface area contributed by atoms with Crippen LogP contribution < -0.4 is 4.74 Å². The van der Waals surface area contributed by atoms with Crippen molar-refractivity contribution in [3.8, 4) is 17.0 Å². The Hall–Kier alpha value is -1.55. The normalized spacial score (nSPS) is 10.4. The third kappa shape index (κ3) is 2.17. The number of benzene rings is 1. The topological polar surface area (TPSA) is 40.8 Å². The van der Waals surface area contributed by atoms with E-state index < -0.39 is 0 Å². The van der Waals surface area contributed by atoms with E-state index in [1.807, 2.05) is 38.1 Å². The van der Waals surface area contributed by atoms with Crippen LogP contribution >= 0.6 is 12.2 Å². The Labute approximate surface area is 99.5 Å². The zero-order chi connectivity index (χ0) is 11.5. The lowest BCUT2D eigenvalue weighted by Crippen LogP contribution is -1.91. The predicted molar refractivity (Wildman–Crippen MR) is 67.3 cm³/mol. The van der Waals surface area contributed by atoms with Gasteiger partial charge in [0.05, 0.1) is 12.3 Å². The second-order valence-electron chi connectivity index (χ2n) is 3.54. The molecule has 0 saturated carbocycles. The van der Waals surface area contributed by atoms with Crippen LogP contribution in [0, 0.1) is 11.7 Å². The highest BCUT2D eigenvalue weighted by molar-refractivity contribution is 7.71. The predicted octanol–water partition coefficient (Wildman–Crippen LogP) is 3.45. The van der Waals surface area contributed by atoms with Gasteiger partial charge in [-0.05, 0) is 38.2 Å². The van der Waals surface area contributed by atoms with Gasteiger partial charge in [-0.1, -0.05) is 12.1 Å². The summed E-state index contributed by atoms with van der Waals surface area (Å²) in [5.74, 6) is 0.875. The van der Waals surface area contributed by atoms with E-state index in [4.69, 9.17) is 17.0 Å². The second-order valence-corrected chi connectivity index (χ2v) is 3.95. The van der Waals surface area contributed by atoms with Gasteiger partial charge in [-0.2, -0.15) is 0 Å². The number of H-pyrrole nitrogens is 2. The molecule has 0 spiro atoms. The molecule has 0 fully saturated rings. The maximum absolute atomic E-state index is 5.46. The molecule has 0 amide bonds. The maximum Gasteiger partial charge on any atom is 0.175 e. The fraction of sp³-hybridized carbons (Fsp3) is 0.250. The smallest absolute Gasteiger partial charge is 0.175 e. The van der Waals surface area contributed by atoms with Crippen LogP contribution in [0.25, 0.3) is 11.3 Å². The van der Waals surface area contributed by atoms with Crippen LogP contribution in [0.1, 0.15) is 12.6 Å². The molecule has 0 aliphatic rings. The summed E-state index contributed by atoms with van der Waals surface area (Å²) in [5, 5.41) is 0. The molecule has 84 valence electrons. The summed E-state index contributed by atoms with van der Waals surface area (Å²) < 4.78 is 6.11. The largest absolute Gasteiger partial charge is 0.494 e. The lowest BCUT2D eigenvalue weighted by atomic mass is 10.1. The molecule has 2 aromatic rings. The molecule has 0 bridgehead atoms. The van der Waals surface area contributed by atoms with E-state index in [0.29, 0.717) is 11.4 Å². The first-order chi connectivity index (χ1) is 7.70. The SMILES string of the molecule is CCOc1cccc(-c2[nH]c(=S)[nH]c2C)c1. The molecule has 0 radical (unpaired) electrons. The number of hydrogen-bond donors (Lipinski definition) is 2. The summed E-state index contributed by atoms with van der Waals surface area (Å²) in [6.07, 6.45) is 0. The molecule has 0 aliphatic heterocycles. The second kappa shape index (κ2) is 4.53. The van der Waals surface area contributed by atoms with Gasteiger partial charge in [0.1, 0.15) is 5.75 Å². The van der Waals surface area contributed by atoms with Gasteiger partial charge in [-0.25, -0.2) is 0 Å². The lowest BCUT2D eigenvalue weighted by molar-refractivity contribution is 0.340. The highest BCUT2D eigenvalue weighted by atomic mass is 32.1. The molecule has 0 unspecified atom stereocenters. The van der Waals surface area contributed by atoms with Crippen molar-refractivity contribution < 1.29 is 4.74 Å². The first kappa shape index (κ1) is 11.0. The number of nitrogens with one attached hydrogen (secondary N) is 2. The lowest BCUT2D eigenvalue weighted by Gasteiger charge is -2.05. The van der Waals surface area contributed by atoms with E-state index >= 15 is 0 Å². The molecule has 0 aliphatic carbocycles. The van der Waals surface area contributed by atoms with Crippen molar-refractivity contribution >= 4 is 12.2 Å². The molecule has 2 N–H and O–H groups in total. The van der Waals surface area contributed by atoms with Crippen LogP contribution in [-0.2, 0) is 0 Å². The number of imidazole rings is 1. The number of aromatic amines is 2. The van der Waals surface area contributed by atoms with Gasteiger partial charge in [0.2, 0.25) is 0 Å². The number of rotatable bonds is 3. The molecule has 1 heterocycles. The average molecular weight is 234 g/mol. The van der Waals surface area contributed by atoms with Crippen LogP contribution in [-0.4, -0.2) is 16.6 Å². The van der Waals surface area contributed by atoms with Gasteiger partial charge in [-0.3, -0.25) is 0 Å². The molecular weight excluding hydrogens is 220 g/mol. The molecule has 1 aromatic heterocycles. The number of aryl methyl sites for hydroxylation is 1. The number of aromatic nitrogens is 2. The van der Waals surface area contributed by atoms with E-state index in [-0.39, 0.29) is 0 Å². The number of ether oxygens (including phenoxy) is 1.